The highest BCUT2D eigenvalue weighted by Crippen LogP contribution is 2.43. The zero-order valence-electron chi connectivity index (χ0n) is 22.3. The number of aromatic nitrogens is 2. The lowest BCUT2D eigenvalue weighted by atomic mass is 9.97. The lowest BCUT2D eigenvalue weighted by Crippen LogP contribution is -1.99. The summed E-state index contributed by atoms with van der Waals surface area (Å²) in [4.78, 5) is 5.10. The predicted molar refractivity (Wildman–Crippen MR) is 171 cm³/mol. The fraction of sp³-hybridized carbons (Fsp3) is 0.0263. The summed E-state index contributed by atoms with van der Waals surface area (Å²) in [6.07, 6.45) is 2.07. The van der Waals surface area contributed by atoms with Crippen molar-refractivity contribution < 1.29 is 0 Å². The maximum Gasteiger partial charge on any atom is 0.103 e. The molecule has 6 aromatic carbocycles. The van der Waals surface area contributed by atoms with Crippen LogP contribution in [-0.4, -0.2) is 15.3 Å². The molecular weight excluding hydrogens is 498 g/mol. The number of para-hydroxylation sites is 3. The van der Waals surface area contributed by atoms with Crippen LogP contribution in [0.1, 0.15) is 22.9 Å². The molecule has 192 valence electrons. The second-order valence-corrected chi connectivity index (χ2v) is 10.8. The van der Waals surface area contributed by atoms with Crippen LogP contribution in [-0.2, 0) is 0 Å². The van der Waals surface area contributed by atoms with Crippen molar-refractivity contribution in [2.75, 3.05) is 0 Å². The Morgan fingerprint density at radius 1 is 0.463 bits per heavy atom. The van der Waals surface area contributed by atoms with Gasteiger partial charge in [0.25, 0.3) is 0 Å². The van der Waals surface area contributed by atoms with Gasteiger partial charge in [-0.15, -0.1) is 0 Å². The predicted octanol–water partition coefficient (Wildman–Crippen LogP) is 9.40. The van der Waals surface area contributed by atoms with E-state index in [1.165, 1.54) is 66.0 Å². The smallest absolute Gasteiger partial charge is 0.103 e. The van der Waals surface area contributed by atoms with E-state index < -0.39 is 0 Å². The van der Waals surface area contributed by atoms with Crippen molar-refractivity contribution in [1.29, 1.82) is 0 Å². The highest BCUT2D eigenvalue weighted by molar-refractivity contribution is 6.10. The van der Waals surface area contributed by atoms with Crippen LogP contribution in [0.3, 0.4) is 0 Å². The Balaban J connectivity index is 1.25. The minimum Gasteiger partial charge on any atom is -0.309 e. The molecule has 2 aromatic heterocycles. The molecule has 0 N–H and O–H groups in total. The normalized spacial score (nSPS) is 14.5. The second kappa shape index (κ2) is 8.54. The first-order valence-electron chi connectivity index (χ1n) is 14.1. The summed E-state index contributed by atoms with van der Waals surface area (Å²) in [7, 11) is 0. The van der Waals surface area contributed by atoms with Gasteiger partial charge in [-0.05, 0) is 64.9 Å². The third-order valence-electron chi connectivity index (χ3n) is 8.59. The Kier molecular flexibility index (Phi) is 4.67. The molecule has 0 spiro atoms. The van der Waals surface area contributed by atoms with Gasteiger partial charge in [0.05, 0.1) is 22.2 Å². The van der Waals surface area contributed by atoms with Crippen molar-refractivity contribution in [2.24, 2.45) is 4.99 Å². The van der Waals surface area contributed by atoms with Crippen molar-refractivity contribution in [3.8, 4) is 11.4 Å². The van der Waals surface area contributed by atoms with Gasteiger partial charge in [0, 0.05) is 39.3 Å². The van der Waals surface area contributed by atoms with E-state index in [1.54, 1.807) is 0 Å². The number of hydrogen-bond acceptors (Lipinski definition) is 1. The molecule has 3 nitrogen and oxygen atoms in total. The number of fused-ring (bicyclic) bond motifs is 7. The van der Waals surface area contributed by atoms with Gasteiger partial charge in [0.2, 0.25) is 0 Å². The molecule has 0 fully saturated rings. The zero-order valence-corrected chi connectivity index (χ0v) is 22.3. The van der Waals surface area contributed by atoms with E-state index in [4.69, 9.17) is 4.99 Å². The first kappa shape index (κ1) is 22.4. The van der Waals surface area contributed by atoms with Gasteiger partial charge >= 0.3 is 0 Å². The Morgan fingerprint density at radius 3 is 2.00 bits per heavy atom. The Morgan fingerprint density at radius 2 is 1.15 bits per heavy atom. The van der Waals surface area contributed by atoms with Crippen molar-refractivity contribution in [3.05, 3.63) is 156 Å². The lowest BCUT2D eigenvalue weighted by molar-refractivity contribution is 0.908. The average molecular weight is 524 g/mol. The average Bonchev–Trinajstić information content (AvgIpc) is 3.70. The summed E-state index contributed by atoms with van der Waals surface area (Å²) in [6.45, 7) is 0. The van der Waals surface area contributed by atoms with Gasteiger partial charge in [-0.25, -0.2) is 0 Å². The molecular formula is C38H25N3. The number of benzene rings is 6. The Labute approximate surface area is 237 Å². The fourth-order valence-corrected chi connectivity index (χ4v) is 6.78. The van der Waals surface area contributed by atoms with Crippen molar-refractivity contribution >= 4 is 49.7 Å². The van der Waals surface area contributed by atoms with Crippen molar-refractivity contribution in [3.63, 3.8) is 0 Å². The standard InChI is InChI=1S/C38H25N3/c1-2-12-28(13-3-1)40-34-17-9-7-15-31(34)37-36(40)24-39-38(37)27-19-21-35-32(23-27)30-14-6-8-16-33(30)41(35)29-20-18-25-10-4-5-11-26(25)22-29/h1-24,38H. The molecule has 3 heteroatoms. The maximum absolute atomic E-state index is 5.10. The van der Waals surface area contributed by atoms with Crippen molar-refractivity contribution in [1.82, 2.24) is 9.13 Å². The largest absolute Gasteiger partial charge is 0.309 e. The second-order valence-electron chi connectivity index (χ2n) is 10.8. The molecule has 1 atom stereocenters. The highest BCUT2D eigenvalue weighted by Gasteiger charge is 2.29. The van der Waals surface area contributed by atoms with E-state index in [1.807, 2.05) is 0 Å². The first-order valence-corrected chi connectivity index (χ1v) is 14.1. The van der Waals surface area contributed by atoms with Gasteiger partial charge < -0.3 is 9.13 Å². The quantitative estimate of drug-likeness (QED) is 0.220. The van der Waals surface area contributed by atoms with Gasteiger partial charge in [-0.2, -0.15) is 0 Å². The minimum absolute atomic E-state index is 0.0490. The van der Waals surface area contributed by atoms with E-state index in [0.717, 1.165) is 5.69 Å². The fourth-order valence-electron chi connectivity index (χ4n) is 6.78. The molecule has 0 radical (unpaired) electrons. The summed E-state index contributed by atoms with van der Waals surface area (Å²) < 4.78 is 4.74. The summed E-state index contributed by atoms with van der Waals surface area (Å²) in [5.41, 5.74) is 9.63. The zero-order chi connectivity index (χ0) is 26.9. The highest BCUT2D eigenvalue weighted by atomic mass is 15.0. The number of aliphatic imine (C=N–C) groups is 1. The number of nitrogens with zero attached hydrogens (tertiary/aromatic N) is 3. The molecule has 0 saturated carbocycles. The van der Waals surface area contributed by atoms with Crippen LogP contribution in [0.25, 0.3) is 54.9 Å². The summed E-state index contributed by atoms with van der Waals surface area (Å²) in [5.74, 6) is 0. The summed E-state index contributed by atoms with van der Waals surface area (Å²) in [6, 6.07) is 50.2. The Hall–Kier alpha value is -5.41. The first-order chi connectivity index (χ1) is 20.3. The monoisotopic (exact) mass is 523 g/mol. The Bertz CT molecular complexity index is 2320. The van der Waals surface area contributed by atoms with Crippen LogP contribution in [0.5, 0.6) is 0 Å². The van der Waals surface area contributed by atoms with E-state index in [0.29, 0.717) is 0 Å². The SMILES string of the molecule is C1=NC(c2ccc3c(c2)c2ccccc2n3-c2ccc3ccccc3c2)c2c1n(-c1ccccc1)c1ccccc21. The maximum atomic E-state index is 5.10. The molecule has 1 aliphatic heterocycles. The van der Waals surface area contributed by atoms with E-state index in [2.05, 4.69) is 155 Å². The molecule has 0 bridgehead atoms. The molecule has 8 aromatic rings. The molecule has 9 rings (SSSR count). The van der Waals surface area contributed by atoms with Crippen LogP contribution in [0.15, 0.2) is 145 Å². The molecule has 3 heterocycles. The number of hydrogen-bond donors (Lipinski definition) is 0. The molecule has 41 heavy (non-hydrogen) atoms. The van der Waals surface area contributed by atoms with Gasteiger partial charge in [0.1, 0.15) is 6.04 Å². The molecule has 0 aliphatic carbocycles. The van der Waals surface area contributed by atoms with Gasteiger partial charge in [-0.3, -0.25) is 4.99 Å². The topological polar surface area (TPSA) is 22.2 Å². The van der Waals surface area contributed by atoms with Gasteiger partial charge in [-0.1, -0.05) is 91.0 Å². The third kappa shape index (κ3) is 3.23. The van der Waals surface area contributed by atoms with Crippen LogP contribution in [0.4, 0.5) is 0 Å². The molecule has 1 aliphatic rings. The molecule has 1 unspecified atom stereocenters. The van der Waals surface area contributed by atoms with Crippen molar-refractivity contribution in [2.45, 2.75) is 6.04 Å². The van der Waals surface area contributed by atoms with Crippen LogP contribution >= 0.6 is 0 Å². The van der Waals surface area contributed by atoms with E-state index in [-0.39, 0.29) is 6.04 Å². The van der Waals surface area contributed by atoms with Crippen LogP contribution in [0, 0.1) is 0 Å². The minimum atomic E-state index is -0.0490. The summed E-state index contributed by atoms with van der Waals surface area (Å²) in [5, 5.41) is 6.26. The van der Waals surface area contributed by atoms with Crippen LogP contribution < -0.4 is 0 Å². The van der Waals surface area contributed by atoms with Gasteiger partial charge in [0.15, 0.2) is 0 Å². The lowest BCUT2D eigenvalue weighted by Gasteiger charge is -2.12. The third-order valence-corrected chi connectivity index (χ3v) is 8.59. The molecule has 0 amide bonds. The van der Waals surface area contributed by atoms with Crippen LogP contribution in [0.2, 0.25) is 0 Å². The summed E-state index contributed by atoms with van der Waals surface area (Å²) >= 11 is 0. The number of rotatable bonds is 3. The van der Waals surface area contributed by atoms with E-state index >= 15 is 0 Å². The molecule has 0 saturated heterocycles. The van der Waals surface area contributed by atoms with E-state index in [9.17, 15) is 0 Å².